The molecule has 0 radical (unpaired) electrons. The maximum absolute atomic E-state index is 13.7. The SMILES string of the molecule is Cc1ccc(CCl)cc1Oc1ccc(Br)cc1F. The van der Waals surface area contributed by atoms with Gasteiger partial charge in [-0.05, 0) is 42.3 Å². The summed E-state index contributed by atoms with van der Waals surface area (Å²) in [7, 11) is 0. The van der Waals surface area contributed by atoms with Gasteiger partial charge in [0.05, 0.1) is 0 Å². The van der Waals surface area contributed by atoms with Crippen molar-refractivity contribution in [3.8, 4) is 11.5 Å². The van der Waals surface area contributed by atoms with Crippen LogP contribution in [0, 0.1) is 12.7 Å². The summed E-state index contributed by atoms with van der Waals surface area (Å²) in [6.45, 7) is 1.91. The summed E-state index contributed by atoms with van der Waals surface area (Å²) in [5.74, 6) is 0.821. The molecule has 2 aromatic carbocycles. The molecule has 0 bridgehead atoms. The van der Waals surface area contributed by atoms with Crippen LogP contribution in [0.2, 0.25) is 0 Å². The fourth-order valence-electron chi connectivity index (χ4n) is 1.51. The molecule has 0 aliphatic carbocycles. The van der Waals surface area contributed by atoms with Crippen LogP contribution in [0.1, 0.15) is 11.1 Å². The Hall–Kier alpha value is -1.06. The zero-order valence-corrected chi connectivity index (χ0v) is 12.1. The Balaban J connectivity index is 2.33. The molecule has 18 heavy (non-hydrogen) atoms. The maximum atomic E-state index is 13.7. The lowest BCUT2D eigenvalue weighted by Gasteiger charge is -2.10. The quantitative estimate of drug-likeness (QED) is 0.682. The van der Waals surface area contributed by atoms with Gasteiger partial charge in [0.15, 0.2) is 11.6 Å². The van der Waals surface area contributed by atoms with Gasteiger partial charge in [0.25, 0.3) is 0 Å². The number of aryl methyl sites for hydroxylation is 1. The second kappa shape index (κ2) is 5.72. The van der Waals surface area contributed by atoms with Crippen LogP contribution in [-0.4, -0.2) is 0 Å². The van der Waals surface area contributed by atoms with E-state index in [1.54, 1.807) is 12.1 Å². The van der Waals surface area contributed by atoms with Gasteiger partial charge in [0.1, 0.15) is 5.75 Å². The van der Waals surface area contributed by atoms with E-state index in [1.807, 2.05) is 25.1 Å². The lowest BCUT2D eigenvalue weighted by Crippen LogP contribution is -1.92. The number of ether oxygens (including phenoxy) is 1. The molecule has 0 spiro atoms. The average Bonchev–Trinajstić information content (AvgIpc) is 2.35. The van der Waals surface area contributed by atoms with Crippen molar-refractivity contribution < 1.29 is 9.13 Å². The smallest absolute Gasteiger partial charge is 0.166 e. The Morgan fingerprint density at radius 1 is 1.17 bits per heavy atom. The van der Waals surface area contributed by atoms with Crippen LogP contribution >= 0.6 is 27.5 Å². The highest BCUT2D eigenvalue weighted by Gasteiger charge is 2.08. The zero-order valence-electron chi connectivity index (χ0n) is 9.71. The number of halogens is 3. The van der Waals surface area contributed by atoms with Gasteiger partial charge >= 0.3 is 0 Å². The molecular weight excluding hydrogens is 319 g/mol. The van der Waals surface area contributed by atoms with E-state index < -0.39 is 5.82 Å². The fourth-order valence-corrected chi connectivity index (χ4v) is 2.01. The van der Waals surface area contributed by atoms with E-state index in [-0.39, 0.29) is 5.75 Å². The summed E-state index contributed by atoms with van der Waals surface area (Å²) in [4.78, 5) is 0. The molecular formula is C14H11BrClFO. The van der Waals surface area contributed by atoms with Crippen molar-refractivity contribution in [3.05, 3.63) is 57.8 Å². The largest absolute Gasteiger partial charge is 0.454 e. The summed E-state index contributed by atoms with van der Waals surface area (Å²) in [6, 6.07) is 10.3. The highest BCUT2D eigenvalue weighted by Crippen LogP contribution is 2.29. The zero-order chi connectivity index (χ0) is 13.1. The van der Waals surface area contributed by atoms with Crippen LogP contribution < -0.4 is 4.74 Å². The van der Waals surface area contributed by atoms with E-state index in [1.165, 1.54) is 6.07 Å². The van der Waals surface area contributed by atoms with Gasteiger partial charge in [-0.25, -0.2) is 4.39 Å². The Morgan fingerprint density at radius 2 is 1.94 bits per heavy atom. The minimum absolute atomic E-state index is 0.202. The molecule has 2 rings (SSSR count). The van der Waals surface area contributed by atoms with Gasteiger partial charge in [-0.1, -0.05) is 28.1 Å². The van der Waals surface area contributed by atoms with Gasteiger partial charge in [-0.3, -0.25) is 0 Å². The van der Waals surface area contributed by atoms with Crippen LogP contribution in [0.3, 0.4) is 0 Å². The summed E-state index contributed by atoms with van der Waals surface area (Å²) in [6.07, 6.45) is 0. The molecule has 0 aromatic heterocycles. The van der Waals surface area contributed by atoms with E-state index in [2.05, 4.69) is 15.9 Å². The van der Waals surface area contributed by atoms with Crippen molar-refractivity contribution in [3.63, 3.8) is 0 Å². The molecule has 0 unspecified atom stereocenters. The predicted octanol–water partition coefficient (Wildman–Crippen LogP) is 5.43. The Kier molecular flexibility index (Phi) is 4.25. The average molecular weight is 330 g/mol. The Labute approximate surface area is 119 Å². The van der Waals surface area contributed by atoms with E-state index in [9.17, 15) is 4.39 Å². The monoisotopic (exact) mass is 328 g/mol. The molecule has 0 aliphatic rings. The lowest BCUT2D eigenvalue weighted by molar-refractivity contribution is 0.439. The number of rotatable bonds is 3. The van der Waals surface area contributed by atoms with Crippen LogP contribution in [-0.2, 0) is 5.88 Å². The Bertz CT molecular complexity index is 572. The van der Waals surface area contributed by atoms with E-state index in [4.69, 9.17) is 16.3 Å². The number of alkyl halides is 1. The fraction of sp³-hybridized carbons (Fsp3) is 0.143. The second-order valence-electron chi connectivity index (χ2n) is 3.91. The second-order valence-corrected chi connectivity index (χ2v) is 5.09. The van der Waals surface area contributed by atoms with Crippen molar-refractivity contribution in [2.45, 2.75) is 12.8 Å². The first-order valence-corrected chi connectivity index (χ1v) is 6.71. The molecule has 0 amide bonds. The van der Waals surface area contributed by atoms with Gasteiger partial charge in [0.2, 0.25) is 0 Å². The number of hydrogen-bond acceptors (Lipinski definition) is 1. The molecule has 0 fully saturated rings. The van der Waals surface area contributed by atoms with Crippen molar-refractivity contribution in [1.29, 1.82) is 0 Å². The first-order valence-electron chi connectivity index (χ1n) is 5.38. The molecule has 4 heteroatoms. The van der Waals surface area contributed by atoms with E-state index in [0.717, 1.165) is 11.1 Å². The van der Waals surface area contributed by atoms with Crippen LogP contribution in [0.15, 0.2) is 40.9 Å². The minimum atomic E-state index is -0.403. The van der Waals surface area contributed by atoms with Crippen molar-refractivity contribution in [2.75, 3.05) is 0 Å². The van der Waals surface area contributed by atoms with Crippen molar-refractivity contribution in [1.82, 2.24) is 0 Å². The maximum Gasteiger partial charge on any atom is 0.166 e. The highest BCUT2D eigenvalue weighted by atomic mass is 79.9. The van der Waals surface area contributed by atoms with Crippen molar-refractivity contribution in [2.24, 2.45) is 0 Å². The Morgan fingerprint density at radius 3 is 2.61 bits per heavy atom. The van der Waals surface area contributed by atoms with E-state index >= 15 is 0 Å². The molecule has 0 saturated carbocycles. The third kappa shape index (κ3) is 3.03. The van der Waals surface area contributed by atoms with Gasteiger partial charge in [-0.2, -0.15) is 0 Å². The minimum Gasteiger partial charge on any atom is -0.454 e. The lowest BCUT2D eigenvalue weighted by atomic mass is 10.1. The van der Waals surface area contributed by atoms with Gasteiger partial charge in [-0.15, -0.1) is 11.6 Å². The summed E-state index contributed by atoms with van der Waals surface area (Å²) in [5, 5.41) is 0. The van der Waals surface area contributed by atoms with Crippen molar-refractivity contribution >= 4 is 27.5 Å². The normalized spacial score (nSPS) is 10.4. The first kappa shape index (κ1) is 13.4. The third-order valence-corrected chi connectivity index (χ3v) is 3.32. The molecule has 0 saturated heterocycles. The molecule has 1 nitrogen and oxygen atoms in total. The molecule has 0 heterocycles. The molecule has 2 aromatic rings. The van der Waals surface area contributed by atoms with Crippen LogP contribution in [0.25, 0.3) is 0 Å². The first-order chi connectivity index (χ1) is 8.60. The molecule has 0 aliphatic heterocycles. The number of hydrogen-bond donors (Lipinski definition) is 0. The highest BCUT2D eigenvalue weighted by molar-refractivity contribution is 9.10. The standard InChI is InChI=1S/C14H11BrClFO/c1-9-2-3-10(8-16)6-14(9)18-13-5-4-11(15)7-12(13)17/h2-7H,8H2,1H3. The summed E-state index contributed by atoms with van der Waals surface area (Å²) >= 11 is 8.98. The molecule has 0 N–H and O–H groups in total. The predicted molar refractivity (Wildman–Crippen MR) is 74.9 cm³/mol. The van der Waals surface area contributed by atoms with Gasteiger partial charge < -0.3 is 4.74 Å². The van der Waals surface area contributed by atoms with Crippen LogP contribution in [0.5, 0.6) is 11.5 Å². The third-order valence-electron chi connectivity index (χ3n) is 2.52. The van der Waals surface area contributed by atoms with E-state index in [0.29, 0.717) is 16.1 Å². The van der Waals surface area contributed by atoms with Crippen LogP contribution in [0.4, 0.5) is 4.39 Å². The summed E-state index contributed by atoms with van der Waals surface area (Å²) in [5.41, 5.74) is 1.88. The van der Waals surface area contributed by atoms with Gasteiger partial charge in [0, 0.05) is 10.4 Å². The summed E-state index contributed by atoms with van der Waals surface area (Å²) < 4.78 is 19.9. The molecule has 94 valence electrons. The topological polar surface area (TPSA) is 9.23 Å². The molecule has 0 atom stereocenters. The number of benzene rings is 2.